The molecule has 0 aliphatic carbocycles. The molecule has 0 radical (unpaired) electrons. The molecule has 0 amide bonds. The zero-order chi connectivity index (χ0) is 22.6. The third-order valence-electron chi connectivity index (χ3n) is 4.16. The van der Waals surface area contributed by atoms with E-state index in [2.05, 4.69) is 9.46 Å². The number of hydrogen-bond donors (Lipinski definition) is 1. The minimum Gasteiger partial charge on any atom is -0.463 e. The highest BCUT2D eigenvalue weighted by molar-refractivity contribution is 7.92. The highest BCUT2D eigenvalue weighted by Crippen LogP contribution is 2.20. The van der Waals surface area contributed by atoms with Crippen LogP contribution in [0.1, 0.15) is 32.2 Å². The summed E-state index contributed by atoms with van der Waals surface area (Å²) in [5, 5.41) is 0. The first-order chi connectivity index (χ1) is 14.7. The van der Waals surface area contributed by atoms with Gasteiger partial charge in [-0.05, 0) is 55.5 Å². The second-order valence-corrected chi connectivity index (χ2v) is 8.12. The fourth-order valence-electron chi connectivity index (χ4n) is 2.66. The molecule has 0 bridgehead atoms. The number of carbonyl (C=O) groups is 2. The normalized spacial score (nSPS) is 11.1. The number of anilines is 1. The Kier molecular flexibility index (Phi) is 6.40. The summed E-state index contributed by atoms with van der Waals surface area (Å²) in [6.07, 6.45) is 0. The monoisotopic (exact) mass is 447 g/mol. The number of aryl methyl sites for hydroxylation is 1. The molecule has 2 aromatic carbocycles. The van der Waals surface area contributed by atoms with Crippen LogP contribution < -0.4 is 4.72 Å². The zero-order valence-corrected chi connectivity index (χ0v) is 17.4. The van der Waals surface area contributed by atoms with Gasteiger partial charge in [-0.25, -0.2) is 22.4 Å². The molecule has 162 valence electrons. The van der Waals surface area contributed by atoms with E-state index < -0.39 is 27.8 Å². The number of nitrogens with one attached hydrogen (secondary N) is 1. The maximum atomic E-state index is 13.0. The molecule has 0 saturated carbocycles. The van der Waals surface area contributed by atoms with E-state index in [0.29, 0.717) is 5.56 Å². The molecule has 3 aromatic rings. The lowest BCUT2D eigenvalue weighted by molar-refractivity contribution is 0.0438. The molecular formula is C21H18FNO7S. The second-order valence-electron chi connectivity index (χ2n) is 6.43. The number of hydrogen-bond acceptors (Lipinski definition) is 7. The molecule has 0 aliphatic heterocycles. The van der Waals surface area contributed by atoms with Crippen molar-refractivity contribution < 1.29 is 36.3 Å². The van der Waals surface area contributed by atoms with Crippen molar-refractivity contribution in [1.82, 2.24) is 0 Å². The summed E-state index contributed by atoms with van der Waals surface area (Å²) in [6.45, 7) is 1.38. The van der Waals surface area contributed by atoms with Gasteiger partial charge >= 0.3 is 11.9 Å². The Morgan fingerprint density at radius 3 is 2.45 bits per heavy atom. The van der Waals surface area contributed by atoms with Crippen molar-refractivity contribution >= 4 is 27.6 Å². The number of rotatable bonds is 7. The van der Waals surface area contributed by atoms with Crippen molar-refractivity contribution in [2.24, 2.45) is 0 Å². The SMILES string of the molecule is COC(=O)c1oc(COC(=O)c2cccc(S(=O)(=O)Nc3ccc(F)cc3)c2)cc1C. The van der Waals surface area contributed by atoms with Crippen LogP contribution in [0, 0.1) is 12.7 Å². The van der Waals surface area contributed by atoms with Gasteiger partial charge in [0.25, 0.3) is 10.0 Å². The van der Waals surface area contributed by atoms with Gasteiger partial charge in [-0.1, -0.05) is 6.07 Å². The number of halogens is 1. The Bertz CT molecular complexity index is 1220. The van der Waals surface area contributed by atoms with Crippen LogP contribution in [0.3, 0.4) is 0 Å². The van der Waals surface area contributed by atoms with Crippen molar-refractivity contribution in [3.8, 4) is 0 Å². The molecule has 0 spiro atoms. The van der Waals surface area contributed by atoms with Crippen LogP contribution in [0.25, 0.3) is 0 Å². The van der Waals surface area contributed by atoms with E-state index in [1.165, 1.54) is 43.5 Å². The fourth-order valence-corrected chi connectivity index (χ4v) is 3.76. The molecule has 31 heavy (non-hydrogen) atoms. The molecule has 1 N–H and O–H groups in total. The maximum Gasteiger partial charge on any atom is 0.374 e. The van der Waals surface area contributed by atoms with E-state index >= 15 is 0 Å². The van der Waals surface area contributed by atoms with Crippen LogP contribution in [0.15, 0.2) is 63.9 Å². The molecule has 0 aliphatic rings. The maximum absolute atomic E-state index is 13.0. The van der Waals surface area contributed by atoms with Crippen molar-refractivity contribution in [3.63, 3.8) is 0 Å². The van der Waals surface area contributed by atoms with Crippen LogP contribution in [0.2, 0.25) is 0 Å². The van der Waals surface area contributed by atoms with Gasteiger partial charge in [0.2, 0.25) is 5.76 Å². The number of benzene rings is 2. The first-order valence-electron chi connectivity index (χ1n) is 8.93. The van der Waals surface area contributed by atoms with Gasteiger partial charge in [-0.15, -0.1) is 0 Å². The van der Waals surface area contributed by atoms with Gasteiger partial charge in [-0.2, -0.15) is 0 Å². The Balaban J connectivity index is 1.71. The summed E-state index contributed by atoms with van der Waals surface area (Å²) in [5.74, 6) is -1.70. The molecule has 0 atom stereocenters. The average Bonchev–Trinajstić information content (AvgIpc) is 3.13. The van der Waals surface area contributed by atoms with Crippen LogP contribution >= 0.6 is 0 Å². The Labute approximate surface area is 177 Å². The lowest BCUT2D eigenvalue weighted by atomic mass is 10.2. The summed E-state index contributed by atoms with van der Waals surface area (Å²) in [7, 11) is -2.80. The molecule has 10 heteroatoms. The molecule has 0 unspecified atom stereocenters. The molecule has 1 aromatic heterocycles. The summed E-state index contributed by atoms with van der Waals surface area (Å²) in [4.78, 5) is 23.8. The van der Waals surface area contributed by atoms with E-state index in [1.807, 2.05) is 0 Å². The second kappa shape index (κ2) is 9.00. The Morgan fingerprint density at radius 2 is 1.77 bits per heavy atom. The number of furan rings is 1. The minimum absolute atomic E-state index is 0.00143. The van der Waals surface area contributed by atoms with Gasteiger partial charge < -0.3 is 13.9 Å². The molecule has 1 heterocycles. The van der Waals surface area contributed by atoms with E-state index in [0.717, 1.165) is 18.2 Å². The van der Waals surface area contributed by atoms with Gasteiger partial charge in [0, 0.05) is 11.3 Å². The largest absolute Gasteiger partial charge is 0.463 e. The molecule has 0 saturated heterocycles. The van der Waals surface area contributed by atoms with Gasteiger partial charge in [-0.3, -0.25) is 4.72 Å². The van der Waals surface area contributed by atoms with Crippen molar-refractivity contribution in [2.45, 2.75) is 18.4 Å². The highest BCUT2D eigenvalue weighted by atomic mass is 32.2. The molecular weight excluding hydrogens is 429 g/mol. The average molecular weight is 447 g/mol. The van der Waals surface area contributed by atoms with Crippen molar-refractivity contribution in [3.05, 3.63) is 83.1 Å². The van der Waals surface area contributed by atoms with Crippen LogP contribution in [-0.4, -0.2) is 27.5 Å². The number of carbonyl (C=O) groups excluding carboxylic acids is 2. The smallest absolute Gasteiger partial charge is 0.374 e. The topological polar surface area (TPSA) is 112 Å². The van der Waals surface area contributed by atoms with Crippen LogP contribution in [0.4, 0.5) is 10.1 Å². The van der Waals surface area contributed by atoms with Crippen LogP contribution in [-0.2, 0) is 26.1 Å². The third kappa shape index (κ3) is 5.28. The Morgan fingerprint density at radius 1 is 1.06 bits per heavy atom. The molecule has 3 rings (SSSR count). The van der Waals surface area contributed by atoms with Crippen molar-refractivity contribution in [2.75, 3.05) is 11.8 Å². The van der Waals surface area contributed by atoms with E-state index in [1.54, 1.807) is 6.92 Å². The summed E-state index contributed by atoms with van der Waals surface area (Å²) in [5.41, 5.74) is 0.695. The third-order valence-corrected chi connectivity index (χ3v) is 5.54. The molecule has 0 fully saturated rings. The lowest BCUT2D eigenvalue weighted by Crippen LogP contribution is -2.14. The summed E-state index contributed by atoms with van der Waals surface area (Å²) >= 11 is 0. The molecule has 8 nitrogen and oxygen atoms in total. The quantitative estimate of drug-likeness (QED) is 0.550. The lowest BCUT2D eigenvalue weighted by Gasteiger charge is -2.09. The van der Waals surface area contributed by atoms with Gasteiger partial charge in [0.1, 0.15) is 18.2 Å². The number of ether oxygens (including phenoxy) is 2. The van der Waals surface area contributed by atoms with E-state index in [-0.39, 0.29) is 34.3 Å². The summed E-state index contributed by atoms with van der Waals surface area (Å²) in [6, 6.07) is 11.6. The fraction of sp³-hybridized carbons (Fsp3) is 0.143. The number of methoxy groups -OCH3 is 1. The van der Waals surface area contributed by atoms with E-state index in [4.69, 9.17) is 9.15 Å². The Hall–Kier alpha value is -3.66. The van der Waals surface area contributed by atoms with Crippen LogP contribution in [0.5, 0.6) is 0 Å². The minimum atomic E-state index is -4.01. The zero-order valence-electron chi connectivity index (χ0n) is 16.5. The first kappa shape index (κ1) is 22.0. The van der Waals surface area contributed by atoms with Crippen molar-refractivity contribution in [1.29, 1.82) is 0 Å². The highest BCUT2D eigenvalue weighted by Gasteiger charge is 2.19. The standard InChI is InChI=1S/C21H18FNO7S/c1-13-10-17(30-19(13)21(25)28-2)12-29-20(24)14-4-3-5-18(11-14)31(26,27)23-16-8-6-15(22)7-9-16/h3-11,23H,12H2,1-2H3. The number of sulfonamides is 1. The van der Waals surface area contributed by atoms with E-state index in [9.17, 15) is 22.4 Å². The van der Waals surface area contributed by atoms with Gasteiger partial charge in [0.15, 0.2) is 0 Å². The number of esters is 2. The first-order valence-corrected chi connectivity index (χ1v) is 10.4. The predicted octanol–water partition coefficient (Wildman–Crippen LogP) is 3.67. The predicted molar refractivity (Wildman–Crippen MR) is 108 cm³/mol. The summed E-state index contributed by atoms with van der Waals surface area (Å²) < 4.78 is 55.5. The van der Waals surface area contributed by atoms with Gasteiger partial charge in [0.05, 0.1) is 17.6 Å².